The van der Waals surface area contributed by atoms with E-state index < -0.39 is 11.7 Å². The zero-order chi connectivity index (χ0) is 12.3. The number of imidazole rings is 1. The summed E-state index contributed by atoms with van der Waals surface area (Å²) in [5, 5.41) is 2.83. The Labute approximate surface area is 96.9 Å². The number of hydrogen-bond donors (Lipinski definition) is 3. The van der Waals surface area contributed by atoms with Gasteiger partial charge in [-0.3, -0.25) is 4.79 Å². The Morgan fingerprint density at radius 2 is 2.35 bits per heavy atom. The summed E-state index contributed by atoms with van der Waals surface area (Å²) in [7, 11) is 0. The van der Waals surface area contributed by atoms with E-state index in [1.54, 1.807) is 12.4 Å². The molecule has 0 unspecified atom stereocenters. The van der Waals surface area contributed by atoms with E-state index in [1.807, 2.05) is 0 Å². The molecule has 2 aromatic rings. The first-order chi connectivity index (χ1) is 8.16. The summed E-state index contributed by atoms with van der Waals surface area (Å²) in [4.78, 5) is 17.8. The Balaban J connectivity index is 2.14. The summed E-state index contributed by atoms with van der Waals surface area (Å²) < 4.78 is 13.4. The van der Waals surface area contributed by atoms with Crippen LogP contribution < -0.4 is 11.1 Å². The van der Waals surface area contributed by atoms with Crippen molar-refractivity contribution in [2.45, 2.75) is 6.54 Å². The quantitative estimate of drug-likeness (QED) is 0.744. The predicted molar refractivity (Wildman–Crippen MR) is 60.8 cm³/mol. The molecule has 6 heteroatoms. The van der Waals surface area contributed by atoms with Crippen LogP contribution >= 0.6 is 0 Å². The number of hydrogen-bond acceptors (Lipinski definition) is 3. The van der Waals surface area contributed by atoms with Crippen LogP contribution in [0.2, 0.25) is 0 Å². The number of carbonyl (C=O) groups excluding carboxylic acids is 1. The first-order valence-corrected chi connectivity index (χ1v) is 4.98. The Morgan fingerprint density at radius 1 is 1.53 bits per heavy atom. The summed E-state index contributed by atoms with van der Waals surface area (Å²) in [5.74, 6) is -0.360. The standard InChI is InChI=1S/C11H11FN4O/c12-8-2-1-7(11(13)17)5-9(8)16-6-10-14-3-4-15-10/h1-5,16H,6H2,(H2,13,17)(H,14,15). The zero-order valence-corrected chi connectivity index (χ0v) is 8.90. The number of nitrogens with zero attached hydrogens (tertiary/aromatic N) is 1. The monoisotopic (exact) mass is 234 g/mol. The highest BCUT2D eigenvalue weighted by molar-refractivity contribution is 5.93. The lowest BCUT2D eigenvalue weighted by Crippen LogP contribution is -2.12. The van der Waals surface area contributed by atoms with Crippen molar-refractivity contribution >= 4 is 11.6 Å². The van der Waals surface area contributed by atoms with Gasteiger partial charge in [-0.05, 0) is 18.2 Å². The lowest BCUT2D eigenvalue weighted by molar-refractivity contribution is 0.100. The number of carbonyl (C=O) groups is 1. The summed E-state index contributed by atoms with van der Waals surface area (Å²) in [6.45, 7) is 0.339. The Kier molecular flexibility index (Phi) is 3.04. The molecule has 0 bridgehead atoms. The SMILES string of the molecule is NC(=O)c1ccc(F)c(NCc2ncc[nH]2)c1. The van der Waals surface area contributed by atoms with E-state index in [1.165, 1.54) is 18.2 Å². The fraction of sp³-hybridized carbons (Fsp3) is 0.0909. The average Bonchev–Trinajstić information content (AvgIpc) is 2.80. The van der Waals surface area contributed by atoms with Crippen molar-refractivity contribution in [2.24, 2.45) is 5.73 Å². The highest BCUT2D eigenvalue weighted by Gasteiger charge is 2.07. The number of aromatic nitrogens is 2. The molecule has 4 N–H and O–H groups in total. The highest BCUT2D eigenvalue weighted by atomic mass is 19.1. The van der Waals surface area contributed by atoms with Gasteiger partial charge in [0.15, 0.2) is 0 Å². The molecule has 88 valence electrons. The molecule has 0 spiro atoms. The van der Waals surface area contributed by atoms with Gasteiger partial charge in [0.2, 0.25) is 5.91 Å². The van der Waals surface area contributed by atoms with Gasteiger partial charge in [0, 0.05) is 18.0 Å². The summed E-state index contributed by atoms with van der Waals surface area (Å²) in [6.07, 6.45) is 3.28. The number of aromatic amines is 1. The minimum Gasteiger partial charge on any atom is -0.375 e. The molecule has 17 heavy (non-hydrogen) atoms. The molecular weight excluding hydrogens is 223 g/mol. The third-order valence-corrected chi connectivity index (χ3v) is 2.25. The molecule has 0 aliphatic rings. The fourth-order valence-electron chi connectivity index (χ4n) is 1.39. The number of anilines is 1. The number of benzene rings is 1. The second kappa shape index (κ2) is 4.65. The van der Waals surface area contributed by atoms with Crippen molar-refractivity contribution in [1.29, 1.82) is 0 Å². The smallest absolute Gasteiger partial charge is 0.248 e. The van der Waals surface area contributed by atoms with Gasteiger partial charge < -0.3 is 16.0 Å². The van der Waals surface area contributed by atoms with E-state index in [9.17, 15) is 9.18 Å². The van der Waals surface area contributed by atoms with Crippen LogP contribution in [0.3, 0.4) is 0 Å². The second-order valence-electron chi connectivity index (χ2n) is 3.45. The molecule has 1 amide bonds. The maximum Gasteiger partial charge on any atom is 0.248 e. The van der Waals surface area contributed by atoms with E-state index in [4.69, 9.17) is 5.73 Å². The Morgan fingerprint density at radius 3 is 3.00 bits per heavy atom. The molecule has 0 aliphatic heterocycles. The Bertz CT molecular complexity index is 524. The number of primary amides is 1. The predicted octanol–water partition coefficient (Wildman–Crippen LogP) is 1.26. The van der Waals surface area contributed by atoms with Gasteiger partial charge >= 0.3 is 0 Å². The minimum atomic E-state index is -0.592. The van der Waals surface area contributed by atoms with Crippen molar-refractivity contribution in [2.75, 3.05) is 5.32 Å². The van der Waals surface area contributed by atoms with Gasteiger partial charge in [0.05, 0.1) is 12.2 Å². The van der Waals surface area contributed by atoms with Crippen LogP contribution in [0.5, 0.6) is 0 Å². The molecule has 2 rings (SSSR count). The summed E-state index contributed by atoms with van der Waals surface area (Å²) >= 11 is 0. The molecule has 1 aromatic carbocycles. The number of halogens is 1. The third kappa shape index (κ3) is 2.60. The van der Waals surface area contributed by atoms with Crippen LogP contribution in [0.25, 0.3) is 0 Å². The minimum absolute atomic E-state index is 0.220. The Hall–Kier alpha value is -2.37. The van der Waals surface area contributed by atoms with E-state index in [-0.39, 0.29) is 11.3 Å². The summed E-state index contributed by atoms with van der Waals surface area (Å²) in [5.41, 5.74) is 5.59. The van der Waals surface area contributed by atoms with E-state index in [2.05, 4.69) is 15.3 Å². The van der Waals surface area contributed by atoms with Crippen LogP contribution in [-0.4, -0.2) is 15.9 Å². The van der Waals surface area contributed by atoms with Crippen LogP contribution in [0.1, 0.15) is 16.2 Å². The molecule has 0 fully saturated rings. The van der Waals surface area contributed by atoms with Crippen molar-refractivity contribution in [3.63, 3.8) is 0 Å². The number of rotatable bonds is 4. The molecular formula is C11H11FN4O. The fourth-order valence-corrected chi connectivity index (χ4v) is 1.39. The lowest BCUT2D eigenvalue weighted by Gasteiger charge is -2.07. The van der Waals surface area contributed by atoms with Crippen molar-refractivity contribution < 1.29 is 9.18 Å². The molecule has 1 aromatic heterocycles. The topological polar surface area (TPSA) is 83.8 Å². The van der Waals surface area contributed by atoms with Gasteiger partial charge in [-0.15, -0.1) is 0 Å². The first-order valence-electron chi connectivity index (χ1n) is 4.98. The molecule has 0 aliphatic carbocycles. The molecule has 5 nitrogen and oxygen atoms in total. The van der Waals surface area contributed by atoms with Gasteiger partial charge in [0.1, 0.15) is 11.6 Å². The maximum atomic E-state index is 13.4. The number of H-pyrrole nitrogens is 1. The van der Waals surface area contributed by atoms with Gasteiger partial charge in [-0.1, -0.05) is 0 Å². The number of amides is 1. The van der Waals surface area contributed by atoms with Gasteiger partial charge in [-0.25, -0.2) is 9.37 Å². The number of nitrogens with one attached hydrogen (secondary N) is 2. The molecule has 0 saturated carbocycles. The van der Waals surface area contributed by atoms with Crippen LogP contribution in [-0.2, 0) is 6.54 Å². The van der Waals surface area contributed by atoms with Crippen LogP contribution in [0.4, 0.5) is 10.1 Å². The molecule has 0 radical (unpaired) electrons. The molecule has 1 heterocycles. The third-order valence-electron chi connectivity index (χ3n) is 2.25. The highest BCUT2D eigenvalue weighted by Crippen LogP contribution is 2.16. The maximum absolute atomic E-state index is 13.4. The van der Waals surface area contributed by atoms with Gasteiger partial charge in [-0.2, -0.15) is 0 Å². The van der Waals surface area contributed by atoms with E-state index in [0.29, 0.717) is 12.4 Å². The normalized spacial score (nSPS) is 10.2. The zero-order valence-electron chi connectivity index (χ0n) is 8.90. The van der Waals surface area contributed by atoms with E-state index in [0.717, 1.165) is 0 Å². The van der Waals surface area contributed by atoms with Crippen LogP contribution in [0, 0.1) is 5.82 Å². The van der Waals surface area contributed by atoms with E-state index >= 15 is 0 Å². The number of nitrogens with two attached hydrogens (primary N) is 1. The molecule has 0 saturated heterocycles. The lowest BCUT2D eigenvalue weighted by atomic mass is 10.2. The van der Waals surface area contributed by atoms with Gasteiger partial charge in [0.25, 0.3) is 0 Å². The molecule has 0 atom stereocenters. The van der Waals surface area contributed by atoms with Crippen molar-refractivity contribution in [3.8, 4) is 0 Å². The van der Waals surface area contributed by atoms with Crippen LogP contribution in [0.15, 0.2) is 30.6 Å². The van der Waals surface area contributed by atoms with Crippen molar-refractivity contribution in [1.82, 2.24) is 9.97 Å². The second-order valence-corrected chi connectivity index (χ2v) is 3.45. The first kappa shape index (κ1) is 11.1. The summed E-state index contributed by atoms with van der Waals surface area (Å²) in [6, 6.07) is 3.92. The average molecular weight is 234 g/mol. The largest absolute Gasteiger partial charge is 0.375 e. The van der Waals surface area contributed by atoms with Crippen molar-refractivity contribution in [3.05, 3.63) is 47.8 Å².